The van der Waals surface area contributed by atoms with E-state index in [1.807, 2.05) is 0 Å². The van der Waals surface area contributed by atoms with E-state index in [0.717, 1.165) is 11.5 Å². The van der Waals surface area contributed by atoms with Crippen LogP contribution >= 0.6 is 11.8 Å². The number of hydrogen-bond donors (Lipinski definition) is 2. The van der Waals surface area contributed by atoms with Gasteiger partial charge in [-0.25, -0.2) is 0 Å². The molecule has 0 bridgehead atoms. The van der Waals surface area contributed by atoms with Crippen LogP contribution in [0.1, 0.15) is 12.7 Å². The minimum absolute atomic E-state index is 0.160. The molecule has 0 saturated carbocycles. The summed E-state index contributed by atoms with van der Waals surface area (Å²) in [6, 6.07) is 0. The van der Waals surface area contributed by atoms with Gasteiger partial charge in [0.25, 0.3) is 5.89 Å². The Hall–Kier alpha value is -1.57. The minimum Gasteiger partial charge on any atom is -0.366 e. The van der Waals surface area contributed by atoms with Crippen LogP contribution in [0, 0.1) is 0 Å². The zero-order valence-electron chi connectivity index (χ0n) is 8.10. The van der Waals surface area contributed by atoms with E-state index in [1.54, 1.807) is 11.8 Å². The second-order valence-corrected chi connectivity index (χ2v) is 3.97. The fourth-order valence-corrected chi connectivity index (χ4v) is 1.48. The molecule has 0 radical (unpaired) electrons. The molecule has 0 aliphatic carbocycles. The normalized spacial score (nSPS) is 10.7. The Kier molecular flexibility index (Phi) is 2.86. The number of nitrogens with one attached hydrogen (secondary N) is 1. The van der Waals surface area contributed by atoms with Crippen LogP contribution in [0.3, 0.4) is 0 Å². The lowest BCUT2D eigenvalue weighted by molar-refractivity contribution is 0.422. The first kappa shape index (κ1) is 9.97. The summed E-state index contributed by atoms with van der Waals surface area (Å²) in [6.07, 6.45) is 0. The third-order valence-corrected chi connectivity index (χ3v) is 2.48. The predicted octanol–water partition coefficient (Wildman–Crippen LogP) is 0.690. The zero-order valence-corrected chi connectivity index (χ0v) is 8.91. The maximum absolute atomic E-state index is 5.36. The molecule has 2 heterocycles. The molecule has 0 aromatic carbocycles. The molecule has 80 valence electrons. The number of thioether (sulfide) groups is 1. The predicted molar refractivity (Wildman–Crippen MR) is 55.9 cm³/mol. The van der Waals surface area contributed by atoms with Gasteiger partial charge in [0.1, 0.15) is 0 Å². The summed E-state index contributed by atoms with van der Waals surface area (Å²) in [7, 11) is 0. The highest BCUT2D eigenvalue weighted by Crippen LogP contribution is 2.14. The zero-order chi connectivity index (χ0) is 10.7. The molecule has 2 aromatic rings. The maximum Gasteiger partial charge on any atom is 0.295 e. The average molecular weight is 226 g/mol. The average Bonchev–Trinajstić information content (AvgIpc) is 2.83. The van der Waals surface area contributed by atoms with Gasteiger partial charge in [-0.1, -0.05) is 12.1 Å². The summed E-state index contributed by atoms with van der Waals surface area (Å²) < 4.78 is 5.00. The largest absolute Gasteiger partial charge is 0.366 e. The van der Waals surface area contributed by atoms with Crippen molar-refractivity contribution in [1.29, 1.82) is 0 Å². The van der Waals surface area contributed by atoms with Crippen LogP contribution in [-0.4, -0.2) is 31.1 Å². The van der Waals surface area contributed by atoms with Crippen molar-refractivity contribution in [3.63, 3.8) is 0 Å². The number of nitrogens with two attached hydrogens (primary N) is 1. The van der Waals surface area contributed by atoms with Crippen LogP contribution < -0.4 is 5.73 Å². The lowest BCUT2D eigenvalue weighted by Crippen LogP contribution is -1.86. The van der Waals surface area contributed by atoms with Gasteiger partial charge in [-0.15, -0.1) is 5.10 Å². The van der Waals surface area contributed by atoms with Gasteiger partial charge in [-0.05, 0) is 5.75 Å². The van der Waals surface area contributed by atoms with Gasteiger partial charge < -0.3 is 10.3 Å². The summed E-state index contributed by atoms with van der Waals surface area (Å²) in [5.41, 5.74) is 5.36. The quantitative estimate of drug-likeness (QED) is 0.789. The van der Waals surface area contributed by atoms with Crippen molar-refractivity contribution in [3.8, 4) is 11.7 Å². The van der Waals surface area contributed by atoms with Crippen LogP contribution in [0.15, 0.2) is 4.52 Å². The number of hydrogen-bond acceptors (Lipinski definition) is 7. The molecule has 2 aromatic heterocycles. The van der Waals surface area contributed by atoms with Crippen LogP contribution in [0.5, 0.6) is 0 Å². The van der Waals surface area contributed by atoms with Gasteiger partial charge in [0.05, 0.1) is 5.75 Å². The van der Waals surface area contributed by atoms with Gasteiger partial charge in [0.2, 0.25) is 11.8 Å². The molecule has 0 atom stereocenters. The minimum atomic E-state index is 0.160. The smallest absolute Gasteiger partial charge is 0.295 e. The lowest BCUT2D eigenvalue weighted by Gasteiger charge is -1.87. The van der Waals surface area contributed by atoms with E-state index >= 15 is 0 Å². The van der Waals surface area contributed by atoms with Crippen molar-refractivity contribution < 1.29 is 4.52 Å². The second-order valence-electron chi connectivity index (χ2n) is 2.70. The molecule has 0 aliphatic heterocycles. The van der Waals surface area contributed by atoms with Gasteiger partial charge in [0, 0.05) is 0 Å². The third kappa shape index (κ3) is 2.27. The Morgan fingerprint density at radius 1 is 1.47 bits per heavy atom. The van der Waals surface area contributed by atoms with Gasteiger partial charge >= 0.3 is 0 Å². The molecular weight excluding hydrogens is 216 g/mol. The van der Waals surface area contributed by atoms with E-state index in [-0.39, 0.29) is 5.95 Å². The topological polar surface area (TPSA) is 107 Å². The number of aromatic amines is 1. The van der Waals surface area contributed by atoms with E-state index in [2.05, 4.69) is 32.2 Å². The molecule has 2 rings (SSSR count). The third-order valence-electron chi connectivity index (χ3n) is 1.61. The van der Waals surface area contributed by atoms with E-state index < -0.39 is 0 Å². The van der Waals surface area contributed by atoms with Gasteiger partial charge in [-0.3, -0.25) is 5.10 Å². The van der Waals surface area contributed by atoms with E-state index in [4.69, 9.17) is 10.3 Å². The van der Waals surface area contributed by atoms with Crippen molar-refractivity contribution in [3.05, 3.63) is 5.82 Å². The molecule has 0 aliphatic rings. The van der Waals surface area contributed by atoms with Gasteiger partial charge in [0.15, 0.2) is 5.82 Å². The fourth-order valence-electron chi connectivity index (χ4n) is 0.973. The van der Waals surface area contributed by atoms with Crippen molar-refractivity contribution in [2.45, 2.75) is 12.7 Å². The fraction of sp³-hybridized carbons (Fsp3) is 0.429. The molecule has 3 N–H and O–H groups in total. The SMILES string of the molecule is CCSCc1noc(-c2nc(N)n[nH]2)n1. The number of nitrogens with zero attached hydrogens (tertiary/aromatic N) is 4. The highest BCUT2D eigenvalue weighted by molar-refractivity contribution is 7.98. The van der Waals surface area contributed by atoms with Gasteiger partial charge in [-0.2, -0.15) is 21.7 Å². The van der Waals surface area contributed by atoms with Crippen molar-refractivity contribution in [1.82, 2.24) is 25.3 Å². The number of aromatic nitrogens is 5. The maximum atomic E-state index is 5.36. The Morgan fingerprint density at radius 3 is 3.00 bits per heavy atom. The molecule has 0 fully saturated rings. The number of nitrogen functional groups attached to an aromatic ring is 1. The Bertz CT molecular complexity index is 438. The highest BCUT2D eigenvalue weighted by atomic mass is 32.2. The molecular formula is C7H10N6OS. The first-order chi connectivity index (χ1) is 7.29. The molecule has 0 spiro atoms. The molecule has 15 heavy (non-hydrogen) atoms. The standard InChI is InChI=1S/C7H10N6OS/c1-2-15-3-4-9-6(14-13-4)5-10-7(8)12-11-5/h2-3H2,1H3,(H3,8,10,11,12). The summed E-state index contributed by atoms with van der Waals surface area (Å²) in [5.74, 6) is 3.25. The summed E-state index contributed by atoms with van der Waals surface area (Å²) >= 11 is 1.72. The molecule has 0 saturated heterocycles. The first-order valence-corrected chi connectivity index (χ1v) is 5.53. The van der Waals surface area contributed by atoms with Crippen molar-refractivity contribution in [2.24, 2.45) is 0 Å². The second kappa shape index (κ2) is 4.30. The van der Waals surface area contributed by atoms with E-state index in [1.165, 1.54) is 0 Å². The van der Waals surface area contributed by atoms with Crippen LogP contribution in [0.2, 0.25) is 0 Å². The number of anilines is 1. The van der Waals surface area contributed by atoms with Crippen LogP contribution in [-0.2, 0) is 5.75 Å². The van der Waals surface area contributed by atoms with E-state index in [0.29, 0.717) is 17.5 Å². The Morgan fingerprint density at radius 2 is 2.33 bits per heavy atom. The summed E-state index contributed by atoms with van der Waals surface area (Å²) in [5, 5.41) is 10.1. The van der Waals surface area contributed by atoms with Crippen LogP contribution in [0.4, 0.5) is 5.95 Å². The van der Waals surface area contributed by atoms with E-state index in [9.17, 15) is 0 Å². The highest BCUT2D eigenvalue weighted by Gasteiger charge is 2.12. The number of H-pyrrole nitrogens is 1. The molecule has 7 nitrogen and oxygen atoms in total. The molecule has 0 amide bonds. The summed E-state index contributed by atoms with van der Waals surface area (Å²) in [4.78, 5) is 8.03. The van der Waals surface area contributed by atoms with Crippen LogP contribution in [0.25, 0.3) is 11.7 Å². The molecule has 0 unspecified atom stereocenters. The lowest BCUT2D eigenvalue weighted by atomic mass is 10.6. The monoisotopic (exact) mass is 226 g/mol. The first-order valence-electron chi connectivity index (χ1n) is 4.38. The van der Waals surface area contributed by atoms with Crippen molar-refractivity contribution >= 4 is 17.7 Å². The number of rotatable bonds is 4. The molecule has 8 heteroatoms. The Balaban J connectivity index is 2.13. The Labute approximate surface area is 89.8 Å². The van der Waals surface area contributed by atoms with Crippen molar-refractivity contribution in [2.75, 3.05) is 11.5 Å². The summed E-state index contributed by atoms with van der Waals surface area (Å²) in [6.45, 7) is 2.07.